The molecular formula is C15H22N2O. The molecule has 0 spiro atoms. The van der Waals surface area contributed by atoms with Gasteiger partial charge >= 0.3 is 0 Å². The highest BCUT2D eigenvalue weighted by Gasteiger charge is 2.23. The number of nitrogens with two attached hydrogens (primary N) is 1. The third-order valence-electron chi connectivity index (χ3n) is 3.32. The minimum Gasteiger partial charge on any atom is -0.349 e. The number of aryl methyl sites for hydroxylation is 1. The molecule has 1 aliphatic rings. The second-order valence-electron chi connectivity index (χ2n) is 5.88. The molecule has 0 aromatic heterocycles. The molecule has 0 fully saturated rings. The first-order valence-corrected chi connectivity index (χ1v) is 6.62. The molecule has 18 heavy (non-hydrogen) atoms. The summed E-state index contributed by atoms with van der Waals surface area (Å²) in [5.74, 6) is 0.0456. The highest BCUT2D eigenvalue weighted by atomic mass is 16.1. The predicted octanol–water partition coefficient (Wildman–Crippen LogP) is 2.31. The predicted molar refractivity (Wildman–Crippen MR) is 73.1 cm³/mol. The Labute approximate surface area is 109 Å². The van der Waals surface area contributed by atoms with Crippen molar-refractivity contribution in [2.45, 2.75) is 51.1 Å². The SMILES string of the molecule is CC(C)(N)CC(=O)NC1CCCc2ccccc21. The lowest BCUT2D eigenvalue weighted by Crippen LogP contribution is -2.40. The maximum atomic E-state index is 11.9. The molecule has 0 saturated carbocycles. The standard InChI is InChI=1S/C15H22N2O/c1-15(2,16)10-14(18)17-13-9-5-7-11-6-3-4-8-12(11)13/h3-4,6,8,13H,5,7,9-10,16H2,1-2H3,(H,17,18). The number of amides is 1. The Kier molecular flexibility index (Phi) is 3.71. The van der Waals surface area contributed by atoms with E-state index < -0.39 is 5.54 Å². The van der Waals surface area contributed by atoms with Crippen LogP contribution in [0.4, 0.5) is 0 Å². The molecule has 1 aromatic carbocycles. The highest BCUT2D eigenvalue weighted by molar-refractivity contribution is 5.77. The van der Waals surface area contributed by atoms with Gasteiger partial charge in [-0.05, 0) is 44.2 Å². The van der Waals surface area contributed by atoms with E-state index in [4.69, 9.17) is 5.73 Å². The summed E-state index contributed by atoms with van der Waals surface area (Å²) in [5, 5.41) is 3.11. The first kappa shape index (κ1) is 13.1. The third kappa shape index (κ3) is 3.33. The van der Waals surface area contributed by atoms with Crippen LogP contribution >= 0.6 is 0 Å². The Hall–Kier alpha value is -1.35. The second kappa shape index (κ2) is 5.11. The van der Waals surface area contributed by atoms with Gasteiger partial charge in [0.15, 0.2) is 0 Å². The van der Waals surface area contributed by atoms with Gasteiger partial charge < -0.3 is 11.1 Å². The van der Waals surface area contributed by atoms with E-state index in [1.807, 2.05) is 19.9 Å². The van der Waals surface area contributed by atoms with Crippen molar-refractivity contribution in [3.8, 4) is 0 Å². The molecule has 2 rings (SSSR count). The molecule has 1 aliphatic carbocycles. The van der Waals surface area contributed by atoms with Crippen molar-refractivity contribution in [3.05, 3.63) is 35.4 Å². The van der Waals surface area contributed by atoms with Crippen LogP contribution in [0.25, 0.3) is 0 Å². The summed E-state index contributed by atoms with van der Waals surface area (Å²) in [4.78, 5) is 11.9. The zero-order valence-electron chi connectivity index (χ0n) is 11.2. The zero-order chi connectivity index (χ0) is 13.2. The molecule has 1 unspecified atom stereocenters. The van der Waals surface area contributed by atoms with Gasteiger partial charge in [-0.1, -0.05) is 24.3 Å². The minimum absolute atomic E-state index is 0.0456. The first-order valence-electron chi connectivity index (χ1n) is 6.62. The van der Waals surface area contributed by atoms with Crippen LogP contribution in [0.5, 0.6) is 0 Å². The van der Waals surface area contributed by atoms with Gasteiger partial charge in [-0.25, -0.2) is 0 Å². The van der Waals surface area contributed by atoms with Crippen molar-refractivity contribution >= 4 is 5.91 Å². The molecule has 3 heteroatoms. The lowest BCUT2D eigenvalue weighted by Gasteiger charge is -2.27. The van der Waals surface area contributed by atoms with Crippen molar-refractivity contribution in [3.63, 3.8) is 0 Å². The van der Waals surface area contributed by atoms with Gasteiger partial charge in [0, 0.05) is 12.0 Å². The summed E-state index contributed by atoms with van der Waals surface area (Å²) in [5.41, 5.74) is 8.06. The molecule has 0 radical (unpaired) electrons. The van der Waals surface area contributed by atoms with Crippen LogP contribution < -0.4 is 11.1 Å². The molecule has 3 N–H and O–H groups in total. The van der Waals surface area contributed by atoms with Crippen molar-refractivity contribution in [2.24, 2.45) is 5.73 Å². The van der Waals surface area contributed by atoms with Crippen LogP contribution in [-0.4, -0.2) is 11.4 Å². The molecule has 1 atom stereocenters. The highest BCUT2D eigenvalue weighted by Crippen LogP contribution is 2.29. The summed E-state index contributed by atoms with van der Waals surface area (Å²) in [7, 11) is 0. The molecule has 1 aromatic rings. The van der Waals surface area contributed by atoms with Gasteiger partial charge in [0.25, 0.3) is 0 Å². The lowest BCUT2D eigenvalue weighted by atomic mass is 9.87. The van der Waals surface area contributed by atoms with Crippen molar-refractivity contribution in [1.82, 2.24) is 5.32 Å². The minimum atomic E-state index is -0.446. The van der Waals surface area contributed by atoms with Crippen molar-refractivity contribution < 1.29 is 4.79 Å². The summed E-state index contributed by atoms with van der Waals surface area (Å²) >= 11 is 0. The van der Waals surface area contributed by atoms with Crippen LogP contribution in [0, 0.1) is 0 Å². The van der Waals surface area contributed by atoms with E-state index in [1.54, 1.807) is 0 Å². The monoisotopic (exact) mass is 246 g/mol. The van der Waals surface area contributed by atoms with Gasteiger partial charge in [-0.15, -0.1) is 0 Å². The average molecular weight is 246 g/mol. The van der Waals surface area contributed by atoms with E-state index in [2.05, 4.69) is 23.5 Å². The molecule has 0 aliphatic heterocycles. The van der Waals surface area contributed by atoms with Crippen molar-refractivity contribution in [1.29, 1.82) is 0 Å². The maximum Gasteiger partial charge on any atom is 0.222 e. The Morgan fingerprint density at radius 3 is 2.89 bits per heavy atom. The first-order chi connectivity index (χ1) is 8.46. The summed E-state index contributed by atoms with van der Waals surface area (Å²) < 4.78 is 0. The Balaban J connectivity index is 2.05. The smallest absolute Gasteiger partial charge is 0.222 e. The van der Waals surface area contributed by atoms with Crippen LogP contribution in [-0.2, 0) is 11.2 Å². The van der Waals surface area contributed by atoms with Crippen LogP contribution in [0.2, 0.25) is 0 Å². The molecule has 0 bridgehead atoms. The van der Waals surface area contributed by atoms with E-state index in [0.29, 0.717) is 6.42 Å². The van der Waals surface area contributed by atoms with Gasteiger partial charge in [0.1, 0.15) is 0 Å². The normalized spacial score (nSPS) is 19.2. The van der Waals surface area contributed by atoms with E-state index in [1.165, 1.54) is 11.1 Å². The average Bonchev–Trinajstić information content (AvgIpc) is 2.27. The lowest BCUT2D eigenvalue weighted by molar-refractivity contribution is -0.122. The van der Waals surface area contributed by atoms with Gasteiger partial charge in [0.05, 0.1) is 6.04 Å². The fraction of sp³-hybridized carbons (Fsp3) is 0.533. The third-order valence-corrected chi connectivity index (χ3v) is 3.32. The largest absolute Gasteiger partial charge is 0.349 e. The number of carbonyl (C=O) groups is 1. The molecule has 1 amide bonds. The summed E-state index contributed by atoms with van der Waals surface area (Å²) in [6, 6.07) is 8.53. The second-order valence-corrected chi connectivity index (χ2v) is 5.88. The summed E-state index contributed by atoms with van der Waals surface area (Å²) in [6.45, 7) is 3.75. The Morgan fingerprint density at radius 2 is 2.17 bits per heavy atom. The Bertz CT molecular complexity index is 434. The van der Waals surface area contributed by atoms with E-state index in [-0.39, 0.29) is 11.9 Å². The Morgan fingerprint density at radius 1 is 1.44 bits per heavy atom. The number of benzene rings is 1. The molecule has 0 saturated heterocycles. The topological polar surface area (TPSA) is 55.1 Å². The van der Waals surface area contributed by atoms with Gasteiger partial charge in [-0.3, -0.25) is 4.79 Å². The molecular weight excluding hydrogens is 224 g/mol. The van der Waals surface area contributed by atoms with Crippen molar-refractivity contribution in [2.75, 3.05) is 0 Å². The van der Waals surface area contributed by atoms with E-state index >= 15 is 0 Å². The fourth-order valence-electron chi connectivity index (χ4n) is 2.56. The number of hydrogen-bond donors (Lipinski definition) is 2. The number of carbonyl (C=O) groups excluding carboxylic acids is 1. The van der Waals surface area contributed by atoms with Gasteiger partial charge in [0.2, 0.25) is 5.91 Å². The number of rotatable bonds is 3. The molecule has 0 heterocycles. The number of nitrogens with one attached hydrogen (secondary N) is 1. The maximum absolute atomic E-state index is 11.9. The number of fused-ring (bicyclic) bond motifs is 1. The van der Waals surface area contributed by atoms with E-state index in [9.17, 15) is 4.79 Å². The van der Waals surface area contributed by atoms with Gasteiger partial charge in [-0.2, -0.15) is 0 Å². The molecule has 3 nitrogen and oxygen atoms in total. The zero-order valence-corrected chi connectivity index (χ0v) is 11.2. The fourth-order valence-corrected chi connectivity index (χ4v) is 2.56. The quantitative estimate of drug-likeness (QED) is 0.860. The summed E-state index contributed by atoms with van der Waals surface area (Å²) in [6.07, 6.45) is 3.64. The van der Waals surface area contributed by atoms with Crippen LogP contribution in [0.1, 0.15) is 50.3 Å². The van der Waals surface area contributed by atoms with Crippen LogP contribution in [0.3, 0.4) is 0 Å². The number of hydrogen-bond acceptors (Lipinski definition) is 2. The molecule has 98 valence electrons. The van der Waals surface area contributed by atoms with Crippen LogP contribution in [0.15, 0.2) is 24.3 Å². The van der Waals surface area contributed by atoms with E-state index in [0.717, 1.165) is 19.3 Å².